The average molecular weight is 203 g/mol. The van der Waals surface area contributed by atoms with E-state index in [-0.39, 0.29) is 0 Å². The van der Waals surface area contributed by atoms with Gasteiger partial charge in [-0.2, -0.15) is 0 Å². The second-order valence-corrected chi connectivity index (χ2v) is 4.49. The Bertz CT molecular complexity index is 392. The van der Waals surface area contributed by atoms with Gasteiger partial charge in [0.1, 0.15) is 0 Å². The number of hydrogen-bond donors (Lipinski definition) is 1. The first-order chi connectivity index (χ1) is 6.88. The molecule has 2 rings (SSSR count). The first-order valence-corrected chi connectivity index (χ1v) is 5.52. The fraction of sp³-hybridized carbons (Fsp3) is 0.167. The maximum atomic E-state index is 5.57. The summed E-state index contributed by atoms with van der Waals surface area (Å²) in [7, 11) is 0. The molecule has 1 nitrogen and oxygen atoms in total. The standard InChI is InChI=1S/C12H13NS/c13-9-12-7-6-11(14-12)8-10-4-2-1-3-5-10/h1-7H,8-9,13H2. The molecule has 0 unspecified atom stereocenters. The minimum absolute atomic E-state index is 0.652. The molecule has 14 heavy (non-hydrogen) atoms. The van der Waals surface area contributed by atoms with Crippen LogP contribution in [0.1, 0.15) is 15.3 Å². The van der Waals surface area contributed by atoms with Crippen molar-refractivity contribution in [2.75, 3.05) is 0 Å². The fourth-order valence-electron chi connectivity index (χ4n) is 1.42. The topological polar surface area (TPSA) is 26.0 Å². The molecular formula is C12H13NS. The Labute approximate surface area is 88.2 Å². The van der Waals surface area contributed by atoms with Crippen molar-refractivity contribution in [2.24, 2.45) is 5.73 Å². The smallest absolute Gasteiger partial charge is 0.0273 e. The van der Waals surface area contributed by atoms with Crippen molar-refractivity contribution in [1.82, 2.24) is 0 Å². The van der Waals surface area contributed by atoms with Gasteiger partial charge in [-0.3, -0.25) is 0 Å². The summed E-state index contributed by atoms with van der Waals surface area (Å²) in [5, 5.41) is 0. The summed E-state index contributed by atoms with van der Waals surface area (Å²) in [6, 6.07) is 14.8. The van der Waals surface area contributed by atoms with Crippen molar-refractivity contribution >= 4 is 11.3 Å². The number of thiophene rings is 1. The van der Waals surface area contributed by atoms with Crippen molar-refractivity contribution in [2.45, 2.75) is 13.0 Å². The summed E-state index contributed by atoms with van der Waals surface area (Å²) in [6.07, 6.45) is 1.02. The van der Waals surface area contributed by atoms with Crippen molar-refractivity contribution in [1.29, 1.82) is 0 Å². The first kappa shape index (κ1) is 9.44. The SMILES string of the molecule is NCc1ccc(Cc2ccccc2)s1. The van der Waals surface area contributed by atoms with Crippen molar-refractivity contribution in [3.8, 4) is 0 Å². The van der Waals surface area contributed by atoms with Gasteiger partial charge in [-0.15, -0.1) is 11.3 Å². The molecule has 0 saturated heterocycles. The lowest BCUT2D eigenvalue weighted by atomic mass is 10.1. The Morgan fingerprint density at radius 1 is 0.929 bits per heavy atom. The zero-order valence-corrected chi connectivity index (χ0v) is 8.76. The van der Waals surface area contributed by atoms with Crippen LogP contribution in [0.4, 0.5) is 0 Å². The fourth-order valence-corrected chi connectivity index (χ4v) is 2.36. The van der Waals surface area contributed by atoms with Gasteiger partial charge >= 0.3 is 0 Å². The second kappa shape index (κ2) is 4.40. The molecule has 0 saturated carbocycles. The lowest BCUT2D eigenvalue weighted by Crippen LogP contribution is -1.91. The Hall–Kier alpha value is -1.12. The Morgan fingerprint density at radius 3 is 2.29 bits per heavy atom. The van der Waals surface area contributed by atoms with E-state index in [1.807, 2.05) is 6.07 Å². The molecule has 2 aromatic rings. The van der Waals surface area contributed by atoms with Gasteiger partial charge in [0.25, 0.3) is 0 Å². The number of benzene rings is 1. The molecule has 0 aliphatic rings. The molecule has 1 aromatic heterocycles. The zero-order valence-electron chi connectivity index (χ0n) is 7.94. The van der Waals surface area contributed by atoms with Crippen LogP contribution in [0.5, 0.6) is 0 Å². The van der Waals surface area contributed by atoms with Crippen LogP contribution in [0, 0.1) is 0 Å². The summed E-state index contributed by atoms with van der Waals surface area (Å²) in [4.78, 5) is 2.65. The molecule has 0 atom stereocenters. The van der Waals surface area contributed by atoms with E-state index < -0.39 is 0 Å². The third-order valence-electron chi connectivity index (χ3n) is 2.14. The molecule has 0 aliphatic carbocycles. The molecule has 0 fully saturated rings. The van der Waals surface area contributed by atoms with Gasteiger partial charge in [0, 0.05) is 22.7 Å². The maximum absolute atomic E-state index is 5.57. The Morgan fingerprint density at radius 2 is 1.64 bits per heavy atom. The van der Waals surface area contributed by atoms with E-state index in [1.54, 1.807) is 11.3 Å². The molecule has 0 aliphatic heterocycles. The summed E-state index contributed by atoms with van der Waals surface area (Å²) in [6.45, 7) is 0.652. The van der Waals surface area contributed by atoms with E-state index in [0.29, 0.717) is 6.54 Å². The highest BCUT2D eigenvalue weighted by molar-refractivity contribution is 7.12. The molecule has 0 radical (unpaired) electrons. The Kier molecular flexibility index (Phi) is 2.96. The van der Waals surface area contributed by atoms with E-state index in [9.17, 15) is 0 Å². The highest BCUT2D eigenvalue weighted by Gasteiger charge is 1.99. The third-order valence-corrected chi connectivity index (χ3v) is 3.25. The predicted octanol–water partition coefficient (Wildman–Crippen LogP) is 2.80. The van der Waals surface area contributed by atoms with Crippen LogP contribution in [-0.2, 0) is 13.0 Å². The summed E-state index contributed by atoms with van der Waals surface area (Å²) in [5.41, 5.74) is 6.93. The van der Waals surface area contributed by atoms with Gasteiger partial charge in [-0.25, -0.2) is 0 Å². The lowest BCUT2D eigenvalue weighted by molar-refractivity contribution is 1.11. The third kappa shape index (κ3) is 2.22. The van der Waals surface area contributed by atoms with E-state index in [1.165, 1.54) is 15.3 Å². The molecular weight excluding hydrogens is 190 g/mol. The molecule has 2 heteroatoms. The van der Waals surface area contributed by atoms with Gasteiger partial charge in [0.2, 0.25) is 0 Å². The average Bonchev–Trinajstić information content (AvgIpc) is 2.67. The molecule has 1 heterocycles. The van der Waals surface area contributed by atoms with Crippen LogP contribution in [0.25, 0.3) is 0 Å². The second-order valence-electron chi connectivity index (χ2n) is 3.23. The molecule has 0 bridgehead atoms. The van der Waals surface area contributed by atoms with Gasteiger partial charge in [0.05, 0.1) is 0 Å². The number of hydrogen-bond acceptors (Lipinski definition) is 2. The van der Waals surface area contributed by atoms with Crippen molar-refractivity contribution < 1.29 is 0 Å². The number of nitrogens with two attached hydrogens (primary N) is 1. The molecule has 72 valence electrons. The van der Waals surface area contributed by atoms with Crippen molar-refractivity contribution in [3.63, 3.8) is 0 Å². The minimum atomic E-state index is 0.652. The Balaban J connectivity index is 2.11. The predicted molar refractivity (Wildman–Crippen MR) is 61.5 cm³/mol. The normalized spacial score (nSPS) is 10.4. The van der Waals surface area contributed by atoms with Gasteiger partial charge in [0.15, 0.2) is 0 Å². The van der Waals surface area contributed by atoms with Crippen LogP contribution in [0.2, 0.25) is 0 Å². The molecule has 0 amide bonds. The van der Waals surface area contributed by atoms with Crippen molar-refractivity contribution in [3.05, 3.63) is 57.8 Å². The molecule has 1 aromatic carbocycles. The summed E-state index contributed by atoms with van der Waals surface area (Å²) < 4.78 is 0. The van der Waals surface area contributed by atoms with Crippen LogP contribution in [0.3, 0.4) is 0 Å². The number of rotatable bonds is 3. The van der Waals surface area contributed by atoms with E-state index in [4.69, 9.17) is 5.73 Å². The maximum Gasteiger partial charge on any atom is 0.0273 e. The highest BCUT2D eigenvalue weighted by atomic mass is 32.1. The van der Waals surface area contributed by atoms with E-state index in [2.05, 4.69) is 36.4 Å². The summed E-state index contributed by atoms with van der Waals surface area (Å²) >= 11 is 1.80. The quantitative estimate of drug-likeness (QED) is 0.815. The van der Waals surface area contributed by atoms with Gasteiger partial charge in [-0.05, 0) is 17.7 Å². The highest BCUT2D eigenvalue weighted by Crippen LogP contribution is 2.19. The van der Waals surface area contributed by atoms with E-state index in [0.717, 1.165) is 6.42 Å². The van der Waals surface area contributed by atoms with Crippen LogP contribution < -0.4 is 5.73 Å². The van der Waals surface area contributed by atoms with Crippen LogP contribution in [-0.4, -0.2) is 0 Å². The zero-order chi connectivity index (χ0) is 9.80. The molecule has 2 N–H and O–H groups in total. The van der Waals surface area contributed by atoms with Crippen LogP contribution >= 0.6 is 11.3 Å². The monoisotopic (exact) mass is 203 g/mol. The van der Waals surface area contributed by atoms with Crippen LogP contribution in [0.15, 0.2) is 42.5 Å². The summed E-state index contributed by atoms with van der Waals surface area (Å²) in [5.74, 6) is 0. The lowest BCUT2D eigenvalue weighted by Gasteiger charge is -1.96. The first-order valence-electron chi connectivity index (χ1n) is 4.70. The van der Waals surface area contributed by atoms with E-state index >= 15 is 0 Å². The largest absolute Gasteiger partial charge is 0.326 e. The van der Waals surface area contributed by atoms with Gasteiger partial charge in [-0.1, -0.05) is 30.3 Å². The molecule has 0 spiro atoms. The minimum Gasteiger partial charge on any atom is -0.326 e. The van der Waals surface area contributed by atoms with Gasteiger partial charge < -0.3 is 5.73 Å².